The van der Waals surface area contributed by atoms with E-state index in [0.717, 1.165) is 10.0 Å². The van der Waals surface area contributed by atoms with Gasteiger partial charge in [0.05, 0.1) is 0 Å². The lowest BCUT2D eigenvalue weighted by Crippen LogP contribution is -2.00. The second kappa shape index (κ2) is 5.14. The molecular weight excluding hydrogens is 287 g/mol. The highest BCUT2D eigenvalue weighted by Gasteiger charge is 2.03. The zero-order valence-corrected chi connectivity index (χ0v) is 10.4. The number of anilines is 1. The Labute approximate surface area is 107 Å². The Morgan fingerprint density at radius 1 is 1.35 bits per heavy atom. The highest BCUT2D eigenvalue weighted by atomic mass is 79.9. The molecule has 0 amide bonds. The third kappa shape index (κ3) is 3.17. The van der Waals surface area contributed by atoms with Gasteiger partial charge in [0.25, 0.3) is 0 Å². The first kappa shape index (κ1) is 11.9. The number of pyridine rings is 1. The van der Waals surface area contributed by atoms with E-state index in [9.17, 15) is 4.39 Å². The van der Waals surface area contributed by atoms with Crippen LogP contribution < -0.4 is 10.5 Å². The van der Waals surface area contributed by atoms with Crippen molar-refractivity contribution in [2.45, 2.75) is 6.61 Å². The van der Waals surface area contributed by atoms with Gasteiger partial charge in [-0.25, -0.2) is 9.37 Å². The van der Waals surface area contributed by atoms with E-state index < -0.39 is 0 Å². The van der Waals surface area contributed by atoms with Gasteiger partial charge in [0.15, 0.2) is 11.6 Å². The molecule has 2 N–H and O–H groups in total. The van der Waals surface area contributed by atoms with E-state index in [4.69, 9.17) is 10.5 Å². The molecule has 17 heavy (non-hydrogen) atoms. The predicted molar refractivity (Wildman–Crippen MR) is 67.1 cm³/mol. The van der Waals surface area contributed by atoms with Gasteiger partial charge in [0.1, 0.15) is 12.4 Å². The van der Waals surface area contributed by atoms with Crippen LogP contribution in [0.3, 0.4) is 0 Å². The number of nitrogens with two attached hydrogens (primary N) is 1. The number of aromatic nitrogens is 1. The monoisotopic (exact) mass is 296 g/mol. The van der Waals surface area contributed by atoms with Gasteiger partial charge in [0, 0.05) is 10.7 Å². The van der Waals surface area contributed by atoms with Gasteiger partial charge in [-0.2, -0.15) is 0 Å². The average Bonchev–Trinajstić information content (AvgIpc) is 2.30. The quantitative estimate of drug-likeness (QED) is 0.946. The van der Waals surface area contributed by atoms with Crippen LogP contribution in [0.2, 0.25) is 0 Å². The van der Waals surface area contributed by atoms with Crippen LogP contribution in [0.4, 0.5) is 10.2 Å². The van der Waals surface area contributed by atoms with Crippen LogP contribution in [-0.4, -0.2) is 4.98 Å². The summed E-state index contributed by atoms with van der Waals surface area (Å²) in [5.74, 6) is 0.500. The Bertz CT molecular complexity index is 534. The summed E-state index contributed by atoms with van der Waals surface area (Å²) in [7, 11) is 0. The van der Waals surface area contributed by atoms with E-state index in [1.807, 2.05) is 0 Å². The summed E-state index contributed by atoms with van der Waals surface area (Å²) < 4.78 is 19.2. The molecule has 3 nitrogen and oxygen atoms in total. The number of hydrogen-bond acceptors (Lipinski definition) is 3. The lowest BCUT2D eigenvalue weighted by atomic mass is 10.2. The number of nitrogens with zero attached hydrogens (tertiary/aromatic N) is 1. The van der Waals surface area contributed by atoms with Gasteiger partial charge in [0.2, 0.25) is 0 Å². The van der Waals surface area contributed by atoms with Crippen LogP contribution in [0.5, 0.6) is 5.75 Å². The van der Waals surface area contributed by atoms with E-state index in [1.165, 1.54) is 12.1 Å². The number of halogens is 2. The van der Waals surface area contributed by atoms with Gasteiger partial charge in [-0.3, -0.25) is 0 Å². The molecule has 0 bridgehead atoms. The van der Waals surface area contributed by atoms with Crippen molar-refractivity contribution in [2.75, 3.05) is 5.73 Å². The highest BCUT2D eigenvalue weighted by Crippen LogP contribution is 2.23. The summed E-state index contributed by atoms with van der Waals surface area (Å²) in [6, 6.07) is 7.95. The Morgan fingerprint density at radius 3 is 2.94 bits per heavy atom. The first-order chi connectivity index (χ1) is 8.15. The van der Waals surface area contributed by atoms with Gasteiger partial charge in [-0.1, -0.05) is 12.1 Å². The standard InChI is InChI=1S/C12H10BrFN2O/c13-9-5-11(12(15)16-6-9)17-7-8-2-1-3-10(14)4-8/h1-6H,7H2,(H2,15,16). The fourth-order valence-electron chi connectivity index (χ4n) is 1.33. The Morgan fingerprint density at radius 2 is 2.18 bits per heavy atom. The molecule has 88 valence electrons. The molecule has 1 aromatic heterocycles. The summed E-state index contributed by atoms with van der Waals surface area (Å²) in [6.07, 6.45) is 1.59. The van der Waals surface area contributed by atoms with Crippen LogP contribution in [0.15, 0.2) is 41.0 Å². The van der Waals surface area contributed by atoms with Crippen LogP contribution >= 0.6 is 15.9 Å². The first-order valence-electron chi connectivity index (χ1n) is 4.93. The van der Waals surface area contributed by atoms with Crippen molar-refractivity contribution in [3.63, 3.8) is 0 Å². The molecule has 0 aliphatic heterocycles. The molecule has 0 fully saturated rings. The molecule has 0 aliphatic rings. The Hall–Kier alpha value is -1.62. The lowest BCUT2D eigenvalue weighted by Gasteiger charge is -2.08. The van der Waals surface area contributed by atoms with Crippen molar-refractivity contribution in [2.24, 2.45) is 0 Å². The molecule has 1 aromatic carbocycles. The molecular formula is C12H10BrFN2O. The fourth-order valence-corrected chi connectivity index (χ4v) is 1.65. The molecule has 0 aliphatic carbocycles. The summed E-state index contributed by atoms with van der Waals surface area (Å²) in [5, 5.41) is 0. The SMILES string of the molecule is Nc1ncc(Br)cc1OCc1cccc(F)c1. The molecule has 2 aromatic rings. The van der Waals surface area contributed by atoms with Crippen LogP contribution in [0.1, 0.15) is 5.56 Å². The zero-order valence-electron chi connectivity index (χ0n) is 8.86. The van der Waals surface area contributed by atoms with E-state index in [1.54, 1.807) is 24.4 Å². The van der Waals surface area contributed by atoms with Crippen LogP contribution in [0.25, 0.3) is 0 Å². The number of benzene rings is 1. The maximum absolute atomic E-state index is 12.9. The van der Waals surface area contributed by atoms with E-state index in [2.05, 4.69) is 20.9 Å². The van der Waals surface area contributed by atoms with Gasteiger partial charge >= 0.3 is 0 Å². The summed E-state index contributed by atoms with van der Waals surface area (Å²) in [4.78, 5) is 3.94. The smallest absolute Gasteiger partial charge is 0.166 e. The van der Waals surface area contributed by atoms with Crippen molar-refractivity contribution < 1.29 is 9.13 Å². The Balaban J connectivity index is 2.09. The number of nitrogen functional groups attached to an aromatic ring is 1. The lowest BCUT2D eigenvalue weighted by molar-refractivity contribution is 0.306. The maximum Gasteiger partial charge on any atom is 0.166 e. The van der Waals surface area contributed by atoms with Gasteiger partial charge in [-0.05, 0) is 39.7 Å². The number of rotatable bonds is 3. The number of hydrogen-bond donors (Lipinski definition) is 1. The van der Waals surface area contributed by atoms with Crippen LogP contribution in [0, 0.1) is 5.82 Å². The van der Waals surface area contributed by atoms with Crippen molar-refractivity contribution in [3.8, 4) is 5.75 Å². The summed E-state index contributed by atoms with van der Waals surface area (Å²) in [5.41, 5.74) is 6.39. The minimum absolute atomic E-state index is 0.250. The molecule has 0 unspecified atom stereocenters. The summed E-state index contributed by atoms with van der Waals surface area (Å²) >= 11 is 3.28. The van der Waals surface area contributed by atoms with Gasteiger partial charge < -0.3 is 10.5 Å². The molecule has 0 spiro atoms. The van der Waals surface area contributed by atoms with Gasteiger partial charge in [-0.15, -0.1) is 0 Å². The summed E-state index contributed by atoms with van der Waals surface area (Å²) in [6.45, 7) is 0.250. The van der Waals surface area contributed by atoms with Crippen LogP contribution in [-0.2, 0) is 6.61 Å². The van der Waals surface area contributed by atoms with E-state index in [0.29, 0.717) is 11.6 Å². The van der Waals surface area contributed by atoms with Crippen molar-refractivity contribution in [3.05, 3.63) is 52.4 Å². The molecule has 1 heterocycles. The number of ether oxygens (including phenoxy) is 1. The third-order valence-electron chi connectivity index (χ3n) is 2.13. The normalized spacial score (nSPS) is 10.2. The van der Waals surface area contributed by atoms with Crippen molar-refractivity contribution in [1.82, 2.24) is 4.98 Å². The fraction of sp³-hybridized carbons (Fsp3) is 0.0833. The second-order valence-electron chi connectivity index (χ2n) is 3.46. The molecule has 0 atom stereocenters. The average molecular weight is 297 g/mol. The van der Waals surface area contributed by atoms with E-state index >= 15 is 0 Å². The molecule has 0 saturated heterocycles. The topological polar surface area (TPSA) is 48.1 Å². The molecule has 2 rings (SSSR count). The minimum Gasteiger partial charge on any atom is -0.485 e. The Kier molecular flexibility index (Phi) is 3.58. The van der Waals surface area contributed by atoms with Crippen molar-refractivity contribution in [1.29, 1.82) is 0 Å². The maximum atomic E-state index is 12.9. The molecule has 0 saturated carbocycles. The molecule has 0 radical (unpaired) electrons. The predicted octanol–water partition coefficient (Wildman–Crippen LogP) is 3.14. The molecule has 5 heteroatoms. The first-order valence-corrected chi connectivity index (χ1v) is 5.73. The zero-order chi connectivity index (χ0) is 12.3. The minimum atomic E-state index is -0.286. The largest absolute Gasteiger partial charge is 0.485 e. The highest BCUT2D eigenvalue weighted by molar-refractivity contribution is 9.10. The second-order valence-corrected chi connectivity index (χ2v) is 4.37. The van der Waals surface area contributed by atoms with E-state index in [-0.39, 0.29) is 12.4 Å². The van der Waals surface area contributed by atoms with Crippen molar-refractivity contribution >= 4 is 21.7 Å². The third-order valence-corrected chi connectivity index (χ3v) is 2.57.